The number of nitro groups is 1. The van der Waals surface area contributed by atoms with Crippen molar-refractivity contribution in [1.82, 2.24) is 0 Å². The van der Waals surface area contributed by atoms with Crippen LogP contribution in [-0.4, -0.2) is 29.7 Å². The van der Waals surface area contributed by atoms with E-state index in [-0.39, 0.29) is 12.3 Å². The third kappa shape index (κ3) is 2.59. The summed E-state index contributed by atoms with van der Waals surface area (Å²) in [5.74, 6) is -0.196. The highest BCUT2D eigenvalue weighted by molar-refractivity contribution is 5.53. The smallest absolute Gasteiger partial charge is 0.272 e. The normalized spacial score (nSPS) is 19.2. The molecule has 0 radical (unpaired) electrons. The van der Waals surface area contributed by atoms with E-state index in [1.165, 1.54) is 12.1 Å². The summed E-state index contributed by atoms with van der Waals surface area (Å²) < 4.78 is 13.8. The summed E-state index contributed by atoms with van der Waals surface area (Å²) in [5.41, 5.74) is 0.170. The first-order chi connectivity index (χ1) is 8.61. The van der Waals surface area contributed by atoms with Crippen molar-refractivity contribution in [2.75, 3.05) is 24.6 Å². The number of aliphatic hydroxyl groups excluding tert-OH is 1. The Morgan fingerprint density at radius 3 is 2.94 bits per heavy atom. The zero-order valence-electron chi connectivity index (χ0n) is 9.88. The third-order valence-electron chi connectivity index (χ3n) is 3.31. The van der Waals surface area contributed by atoms with Crippen LogP contribution in [0.2, 0.25) is 0 Å². The zero-order valence-corrected chi connectivity index (χ0v) is 9.88. The van der Waals surface area contributed by atoms with E-state index in [0.29, 0.717) is 24.6 Å². The Hall–Kier alpha value is -1.69. The van der Waals surface area contributed by atoms with Crippen LogP contribution in [0.1, 0.15) is 12.8 Å². The molecule has 6 heteroatoms. The van der Waals surface area contributed by atoms with Crippen LogP contribution in [0.25, 0.3) is 0 Å². The average molecular weight is 254 g/mol. The van der Waals surface area contributed by atoms with Crippen molar-refractivity contribution in [1.29, 1.82) is 0 Å². The van der Waals surface area contributed by atoms with Crippen LogP contribution in [0.4, 0.5) is 15.8 Å². The minimum atomic E-state index is -0.606. The molecule has 0 aromatic heterocycles. The summed E-state index contributed by atoms with van der Waals surface area (Å²) in [7, 11) is 0. The molecule has 0 aliphatic carbocycles. The number of non-ortho nitro benzene ring substituents is 1. The molecule has 1 aromatic rings. The molecule has 2 rings (SSSR count). The molecule has 1 unspecified atom stereocenters. The van der Waals surface area contributed by atoms with Gasteiger partial charge in [-0.15, -0.1) is 0 Å². The second-order valence-electron chi connectivity index (χ2n) is 4.51. The lowest BCUT2D eigenvalue weighted by atomic mass is 10.1. The van der Waals surface area contributed by atoms with Crippen LogP contribution in [-0.2, 0) is 0 Å². The van der Waals surface area contributed by atoms with E-state index >= 15 is 0 Å². The first-order valence-corrected chi connectivity index (χ1v) is 5.91. The van der Waals surface area contributed by atoms with Crippen molar-refractivity contribution >= 4 is 11.4 Å². The molecule has 1 heterocycles. The molecule has 1 aliphatic heterocycles. The van der Waals surface area contributed by atoms with Gasteiger partial charge in [0.05, 0.1) is 16.7 Å². The molecular weight excluding hydrogens is 239 g/mol. The summed E-state index contributed by atoms with van der Waals surface area (Å²) >= 11 is 0. The lowest BCUT2D eigenvalue weighted by Crippen LogP contribution is -2.21. The number of nitrogens with zero attached hydrogens (tertiary/aromatic N) is 2. The largest absolute Gasteiger partial charge is 0.396 e. The SMILES string of the molecule is O=[N+]([O-])c1ccc(N2CCC(CCO)C2)c(F)c1. The fourth-order valence-electron chi connectivity index (χ4n) is 2.34. The Balaban J connectivity index is 2.12. The molecular formula is C12H15FN2O3. The maximum absolute atomic E-state index is 13.8. The van der Waals surface area contributed by atoms with E-state index < -0.39 is 10.7 Å². The van der Waals surface area contributed by atoms with Gasteiger partial charge in [-0.1, -0.05) is 0 Å². The van der Waals surface area contributed by atoms with E-state index in [1.54, 1.807) is 0 Å². The quantitative estimate of drug-likeness (QED) is 0.658. The maximum atomic E-state index is 13.8. The van der Waals surface area contributed by atoms with Crippen LogP contribution in [0, 0.1) is 21.8 Å². The minimum absolute atomic E-state index is 0.140. The Bertz CT molecular complexity index is 453. The van der Waals surface area contributed by atoms with Gasteiger partial charge in [0.15, 0.2) is 5.82 Å². The Labute approximate surface area is 104 Å². The predicted octanol–water partition coefficient (Wildman–Crippen LogP) is 1.94. The molecule has 98 valence electrons. The topological polar surface area (TPSA) is 66.6 Å². The Kier molecular flexibility index (Phi) is 3.76. The summed E-state index contributed by atoms with van der Waals surface area (Å²) in [6.45, 7) is 1.55. The first kappa shape index (κ1) is 12.8. The number of benzene rings is 1. The van der Waals surface area contributed by atoms with Crippen LogP contribution < -0.4 is 4.90 Å². The molecule has 0 bridgehead atoms. The van der Waals surface area contributed by atoms with Crippen molar-refractivity contribution in [3.05, 3.63) is 34.1 Å². The zero-order chi connectivity index (χ0) is 13.1. The maximum Gasteiger partial charge on any atom is 0.272 e. The minimum Gasteiger partial charge on any atom is -0.396 e. The highest BCUT2D eigenvalue weighted by atomic mass is 19.1. The number of halogens is 1. The molecule has 1 fully saturated rings. The Morgan fingerprint density at radius 2 is 2.33 bits per heavy atom. The van der Waals surface area contributed by atoms with Crippen molar-refractivity contribution in [3.8, 4) is 0 Å². The molecule has 0 saturated carbocycles. The number of hydrogen-bond acceptors (Lipinski definition) is 4. The fourth-order valence-corrected chi connectivity index (χ4v) is 2.34. The number of nitro benzene ring substituents is 1. The van der Waals surface area contributed by atoms with E-state index in [2.05, 4.69) is 0 Å². The highest BCUT2D eigenvalue weighted by Crippen LogP contribution is 2.29. The summed E-state index contributed by atoms with van der Waals surface area (Å²) in [6.07, 6.45) is 1.63. The predicted molar refractivity (Wildman–Crippen MR) is 65.1 cm³/mol. The summed E-state index contributed by atoms with van der Waals surface area (Å²) in [4.78, 5) is 11.8. The van der Waals surface area contributed by atoms with E-state index in [4.69, 9.17) is 5.11 Å². The summed E-state index contributed by atoms with van der Waals surface area (Å²) in [6, 6.07) is 3.72. The highest BCUT2D eigenvalue weighted by Gasteiger charge is 2.24. The van der Waals surface area contributed by atoms with Gasteiger partial charge in [-0.05, 0) is 24.8 Å². The van der Waals surface area contributed by atoms with Crippen LogP contribution in [0.15, 0.2) is 18.2 Å². The summed E-state index contributed by atoms with van der Waals surface area (Å²) in [5, 5.41) is 19.4. The average Bonchev–Trinajstić information content (AvgIpc) is 2.77. The Morgan fingerprint density at radius 1 is 1.56 bits per heavy atom. The molecule has 1 aromatic carbocycles. The van der Waals surface area contributed by atoms with Gasteiger partial charge in [0.2, 0.25) is 0 Å². The van der Waals surface area contributed by atoms with Gasteiger partial charge in [0.1, 0.15) is 0 Å². The standard InChI is InChI=1S/C12H15FN2O3/c13-11-7-10(15(17)18)1-2-12(11)14-5-3-9(8-14)4-6-16/h1-2,7,9,16H,3-6,8H2. The lowest BCUT2D eigenvalue weighted by Gasteiger charge is -2.19. The van der Waals surface area contributed by atoms with E-state index in [1.807, 2.05) is 4.90 Å². The molecule has 18 heavy (non-hydrogen) atoms. The van der Waals surface area contributed by atoms with Crippen LogP contribution in [0.3, 0.4) is 0 Å². The van der Waals surface area contributed by atoms with Gasteiger partial charge < -0.3 is 10.0 Å². The fraction of sp³-hybridized carbons (Fsp3) is 0.500. The second-order valence-corrected chi connectivity index (χ2v) is 4.51. The van der Waals surface area contributed by atoms with Gasteiger partial charge in [-0.3, -0.25) is 10.1 Å². The van der Waals surface area contributed by atoms with Gasteiger partial charge >= 0.3 is 0 Å². The molecule has 1 aliphatic rings. The van der Waals surface area contributed by atoms with E-state index in [0.717, 1.165) is 19.0 Å². The monoisotopic (exact) mass is 254 g/mol. The van der Waals surface area contributed by atoms with Crippen molar-refractivity contribution in [2.24, 2.45) is 5.92 Å². The lowest BCUT2D eigenvalue weighted by molar-refractivity contribution is -0.385. The van der Waals surface area contributed by atoms with Gasteiger partial charge in [-0.25, -0.2) is 4.39 Å². The molecule has 1 N–H and O–H groups in total. The third-order valence-corrected chi connectivity index (χ3v) is 3.31. The van der Waals surface area contributed by atoms with Gasteiger partial charge in [-0.2, -0.15) is 0 Å². The van der Waals surface area contributed by atoms with Crippen molar-refractivity contribution < 1.29 is 14.4 Å². The number of rotatable bonds is 4. The number of hydrogen-bond donors (Lipinski definition) is 1. The molecule has 1 atom stereocenters. The van der Waals surface area contributed by atoms with Crippen molar-refractivity contribution in [2.45, 2.75) is 12.8 Å². The van der Waals surface area contributed by atoms with E-state index in [9.17, 15) is 14.5 Å². The molecule has 0 spiro atoms. The second kappa shape index (κ2) is 5.30. The molecule has 5 nitrogen and oxygen atoms in total. The van der Waals surface area contributed by atoms with Crippen molar-refractivity contribution in [3.63, 3.8) is 0 Å². The number of aliphatic hydroxyl groups is 1. The van der Waals surface area contributed by atoms with Gasteiger partial charge in [0, 0.05) is 25.8 Å². The molecule has 1 saturated heterocycles. The van der Waals surface area contributed by atoms with Gasteiger partial charge in [0.25, 0.3) is 5.69 Å². The molecule has 0 amide bonds. The first-order valence-electron chi connectivity index (χ1n) is 5.91. The number of anilines is 1. The van der Waals surface area contributed by atoms with Crippen LogP contribution in [0.5, 0.6) is 0 Å². The van der Waals surface area contributed by atoms with Crippen LogP contribution >= 0.6 is 0 Å².